The Kier molecular flexibility index (Phi) is 3.72. The molecular weight excluding hydrogens is 192 g/mol. The van der Waals surface area contributed by atoms with Gasteiger partial charge in [0.1, 0.15) is 0 Å². The molecule has 3 heteroatoms. The van der Waals surface area contributed by atoms with E-state index in [2.05, 4.69) is 0 Å². The van der Waals surface area contributed by atoms with Gasteiger partial charge < -0.3 is 14.6 Å². The molecular formula is C12H16O3. The molecule has 3 nitrogen and oxygen atoms in total. The van der Waals surface area contributed by atoms with Gasteiger partial charge in [-0.2, -0.15) is 0 Å². The van der Waals surface area contributed by atoms with Crippen LogP contribution in [0.15, 0.2) is 30.3 Å². The van der Waals surface area contributed by atoms with Crippen LogP contribution >= 0.6 is 0 Å². The maximum absolute atomic E-state index is 8.74. The minimum Gasteiger partial charge on any atom is -0.394 e. The van der Waals surface area contributed by atoms with E-state index in [1.54, 1.807) is 0 Å². The van der Waals surface area contributed by atoms with Gasteiger partial charge in [-0.15, -0.1) is 0 Å². The number of aliphatic hydroxyl groups is 1. The minimum atomic E-state index is 0.0373. The van der Waals surface area contributed by atoms with Crippen LogP contribution in [-0.2, 0) is 16.1 Å². The number of rotatable bonds is 5. The van der Waals surface area contributed by atoms with E-state index in [1.807, 2.05) is 30.3 Å². The third kappa shape index (κ3) is 3.02. The summed E-state index contributed by atoms with van der Waals surface area (Å²) in [5, 5.41) is 8.74. The van der Waals surface area contributed by atoms with Crippen molar-refractivity contribution in [2.45, 2.75) is 25.2 Å². The second-order valence-electron chi connectivity index (χ2n) is 3.80. The van der Waals surface area contributed by atoms with Crippen molar-refractivity contribution in [1.82, 2.24) is 0 Å². The zero-order valence-corrected chi connectivity index (χ0v) is 8.63. The molecule has 0 unspecified atom stereocenters. The van der Waals surface area contributed by atoms with Crippen molar-refractivity contribution >= 4 is 0 Å². The van der Waals surface area contributed by atoms with Gasteiger partial charge in [-0.25, -0.2) is 0 Å². The highest BCUT2D eigenvalue weighted by Gasteiger charge is 2.29. The lowest BCUT2D eigenvalue weighted by atomic mass is 10.1. The zero-order chi connectivity index (χ0) is 10.5. The number of hydrogen-bond donors (Lipinski definition) is 1. The van der Waals surface area contributed by atoms with Gasteiger partial charge in [0.2, 0.25) is 0 Å². The van der Waals surface area contributed by atoms with Crippen molar-refractivity contribution in [2.24, 2.45) is 0 Å². The Balaban J connectivity index is 1.60. The number of hydrogen-bond acceptors (Lipinski definition) is 3. The molecule has 2 rings (SSSR count). The molecule has 0 bridgehead atoms. The average Bonchev–Trinajstić information content (AvgIpc) is 2.23. The Morgan fingerprint density at radius 3 is 2.67 bits per heavy atom. The molecule has 0 aliphatic carbocycles. The standard InChI is InChI=1S/C12H16O3/c13-7-11-6-12(15-11)9-14-8-10-4-2-1-3-5-10/h1-5,11-13H,6-9H2/t11-,12-/m1/s1. The smallest absolute Gasteiger partial charge is 0.0839 e. The second kappa shape index (κ2) is 5.26. The molecule has 15 heavy (non-hydrogen) atoms. The molecule has 0 spiro atoms. The topological polar surface area (TPSA) is 38.7 Å². The molecule has 82 valence electrons. The van der Waals surface area contributed by atoms with E-state index in [0.29, 0.717) is 13.2 Å². The molecule has 0 saturated carbocycles. The SMILES string of the molecule is OC[C@H]1C[C@H](COCc2ccccc2)O1. The lowest BCUT2D eigenvalue weighted by Gasteiger charge is -2.34. The molecule has 0 aromatic heterocycles. The largest absolute Gasteiger partial charge is 0.394 e. The van der Waals surface area contributed by atoms with E-state index in [9.17, 15) is 0 Å². The van der Waals surface area contributed by atoms with Gasteiger partial charge >= 0.3 is 0 Å². The highest BCUT2D eigenvalue weighted by atomic mass is 16.6. The van der Waals surface area contributed by atoms with Gasteiger partial charge in [0.15, 0.2) is 0 Å². The van der Waals surface area contributed by atoms with E-state index in [-0.39, 0.29) is 18.8 Å². The molecule has 1 N–H and O–H groups in total. The lowest BCUT2D eigenvalue weighted by Crippen LogP contribution is -2.42. The molecule has 1 saturated heterocycles. The Morgan fingerprint density at radius 1 is 1.27 bits per heavy atom. The summed E-state index contributed by atoms with van der Waals surface area (Å²) in [5.74, 6) is 0. The van der Waals surface area contributed by atoms with Crippen molar-refractivity contribution < 1.29 is 14.6 Å². The molecule has 0 radical (unpaired) electrons. The van der Waals surface area contributed by atoms with E-state index in [0.717, 1.165) is 6.42 Å². The first-order chi connectivity index (χ1) is 7.38. The third-order valence-electron chi connectivity index (χ3n) is 2.53. The van der Waals surface area contributed by atoms with Crippen LogP contribution in [0.4, 0.5) is 0 Å². The summed E-state index contributed by atoms with van der Waals surface area (Å²) in [6.45, 7) is 1.37. The molecule has 1 aliphatic heterocycles. The van der Waals surface area contributed by atoms with Crippen LogP contribution in [0, 0.1) is 0 Å². The maximum atomic E-state index is 8.74. The van der Waals surface area contributed by atoms with Crippen molar-refractivity contribution in [3.05, 3.63) is 35.9 Å². The minimum absolute atomic E-state index is 0.0373. The molecule has 1 heterocycles. The van der Waals surface area contributed by atoms with E-state index in [1.165, 1.54) is 5.56 Å². The van der Waals surface area contributed by atoms with Crippen molar-refractivity contribution in [3.63, 3.8) is 0 Å². The predicted molar refractivity (Wildman–Crippen MR) is 56.5 cm³/mol. The highest BCUT2D eigenvalue weighted by molar-refractivity contribution is 5.13. The van der Waals surface area contributed by atoms with Gasteiger partial charge in [-0.1, -0.05) is 30.3 Å². The fraction of sp³-hybridized carbons (Fsp3) is 0.500. The first-order valence-electron chi connectivity index (χ1n) is 5.26. The molecule has 1 aromatic rings. The maximum Gasteiger partial charge on any atom is 0.0839 e. The van der Waals surface area contributed by atoms with Gasteiger partial charge in [0, 0.05) is 6.42 Å². The Bertz CT molecular complexity index is 280. The first-order valence-corrected chi connectivity index (χ1v) is 5.26. The number of aliphatic hydroxyl groups excluding tert-OH is 1. The molecule has 2 atom stereocenters. The van der Waals surface area contributed by atoms with Crippen LogP contribution in [0.5, 0.6) is 0 Å². The van der Waals surface area contributed by atoms with Crippen molar-refractivity contribution in [1.29, 1.82) is 0 Å². The monoisotopic (exact) mass is 208 g/mol. The Morgan fingerprint density at radius 2 is 2.00 bits per heavy atom. The first kappa shape index (κ1) is 10.6. The summed E-state index contributed by atoms with van der Waals surface area (Å²) in [7, 11) is 0. The van der Waals surface area contributed by atoms with E-state index >= 15 is 0 Å². The average molecular weight is 208 g/mol. The summed E-state index contributed by atoms with van der Waals surface area (Å²) in [6.07, 6.45) is 1.12. The van der Waals surface area contributed by atoms with Crippen LogP contribution in [0.3, 0.4) is 0 Å². The Hall–Kier alpha value is -0.900. The zero-order valence-electron chi connectivity index (χ0n) is 8.63. The molecule has 1 aromatic carbocycles. The highest BCUT2D eigenvalue weighted by Crippen LogP contribution is 2.20. The molecule has 1 fully saturated rings. The molecule has 0 amide bonds. The lowest BCUT2D eigenvalue weighted by molar-refractivity contribution is -0.167. The fourth-order valence-electron chi connectivity index (χ4n) is 1.66. The summed E-state index contributed by atoms with van der Waals surface area (Å²) in [5.41, 5.74) is 1.18. The quantitative estimate of drug-likeness (QED) is 0.794. The van der Waals surface area contributed by atoms with Crippen molar-refractivity contribution in [2.75, 3.05) is 13.2 Å². The van der Waals surface area contributed by atoms with Crippen LogP contribution in [0.2, 0.25) is 0 Å². The summed E-state index contributed by atoms with van der Waals surface area (Å²) in [6, 6.07) is 10.1. The van der Waals surface area contributed by atoms with Crippen LogP contribution in [0.25, 0.3) is 0 Å². The van der Waals surface area contributed by atoms with E-state index < -0.39 is 0 Å². The molecule has 1 aliphatic rings. The summed E-state index contributed by atoms with van der Waals surface area (Å²) < 4.78 is 10.9. The normalized spacial score (nSPS) is 24.9. The third-order valence-corrected chi connectivity index (χ3v) is 2.53. The van der Waals surface area contributed by atoms with Crippen LogP contribution in [0.1, 0.15) is 12.0 Å². The van der Waals surface area contributed by atoms with Gasteiger partial charge in [0.05, 0.1) is 32.0 Å². The van der Waals surface area contributed by atoms with Gasteiger partial charge in [-0.3, -0.25) is 0 Å². The predicted octanol–water partition coefficient (Wildman–Crippen LogP) is 1.35. The summed E-state index contributed by atoms with van der Waals surface area (Å²) in [4.78, 5) is 0. The number of ether oxygens (including phenoxy) is 2. The van der Waals surface area contributed by atoms with Crippen molar-refractivity contribution in [3.8, 4) is 0 Å². The van der Waals surface area contributed by atoms with E-state index in [4.69, 9.17) is 14.6 Å². The van der Waals surface area contributed by atoms with Gasteiger partial charge in [-0.05, 0) is 5.56 Å². The second-order valence-corrected chi connectivity index (χ2v) is 3.80. The summed E-state index contributed by atoms with van der Waals surface area (Å²) >= 11 is 0. The van der Waals surface area contributed by atoms with Gasteiger partial charge in [0.25, 0.3) is 0 Å². The Labute approximate surface area is 89.6 Å². The number of benzene rings is 1. The van der Waals surface area contributed by atoms with Crippen LogP contribution < -0.4 is 0 Å². The van der Waals surface area contributed by atoms with Crippen LogP contribution in [-0.4, -0.2) is 30.5 Å². The fourth-order valence-corrected chi connectivity index (χ4v) is 1.66.